The van der Waals surface area contributed by atoms with Gasteiger partial charge in [-0.2, -0.15) is 9.21 Å². The Morgan fingerprint density at radius 1 is 1.33 bits per heavy atom. The summed E-state index contributed by atoms with van der Waals surface area (Å²) in [7, 11) is 0. The molecule has 0 aromatic heterocycles. The number of halogens is 3. The van der Waals surface area contributed by atoms with Gasteiger partial charge in [0.25, 0.3) is 0 Å². The molecule has 9 heteroatoms. The number of imide groups is 1. The third-order valence-corrected chi connectivity index (χ3v) is 2.18. The van der Waals surface area contributed by atoms with Crippen molar-refractivity contribution in [2.45, 2.75) is 5.62 Å². The Bertz CT molecular complexity index is 269. The number of carbonyl (C=O) groups excluding carboxylic acids is 2. The number of nitrogens with zero attached hydrogens (tertiary/aromatic N) is 3. The molecule has 0 aromatic carbocycles. The minimum Gasteiger partial charge on any atom is -0.217 e. The maximum atomic E-state index is 10.8. The van der Waals surface area contributed by atoms with Gasteiger partial charge in [-0.25, -0.2) is 4.79 Å². The number of rotatable bonds is 0. The molecule has 0 saturated carbocycles. The van der Waals surface area contributed by atoms with Crippen molar-refractivity contribution in [3.63, 3.8) is 0 Å². The number of nitroso groups, excluding NO2 is 1. The third kappa shape index (κ3) is 1.21. The van der Waals surface area contributed by atoms with Crippen LogP contribution in [0.3, 0.4) is 0 Å². The lowest BCUT2D eigenvalue weighted by atomic mass is 10.7. The number of amides is 4. The zero-order chi connectivity index (χ0) is 9.46. The Morgan fingerprint density at radius 3 is 2.33 bits per heavy atom. The van der Waals surface area contributed by atoms with E-state index in [0.717, 1.165) is 0 Å². The predicted octanol–water partition coefficient (Wildman–Crippen LogP) is 1.45. The molecule has 0 aromatic rings. The van der Waals surface area contributed by atoms with Crippen LogP contribution in [0, 0.1) is 4.91 Å². The Hall–Kier alpha value is -0.590. The van der Waals surface area contributed by atoms with Crippen LogP contribution in [0.5, 0.6) is 0 Å². The fourth-order valence-corrected chi connectivity index (χ4v) is 1.04. The lowest BCUT2D eigenvalue weighted by Gasteiger charge is -2.19. The molecular weight excluding hydrogens is 232 g/mol. The van der Waals surface area contributed by atoms with Crippen molar-refractivity contribution in [1.82, 2.24) is 8.84 Å². The summed E-state index contributed by atoms with van der Waals surface area (Å²) >= 11 is 15.5. The second-order valence-electron chi connectivity index (χ2n) is 1.79. The van der Waals surface area contributed by atoms with Gasteiger partial charge in [0, 0.05) is 11.8 Å². The van der Waals surface area contributed by atoms with Crippen molar-refractivity contribution in [2.24, 2.45) is 0 Å². The van der Waals surface area contributed by atoms with E-state index >= 15 is 0 Å². The molecule has 1 fully saturated rings. The standard InChI is InChI=1S/C3HCl3N3O3/c4-1-7(5)2(10)8(6)3(11)9(1)12/h1H/q+1. The number of urea groups is 2. The summed E-state index contributed by atoms with van der Waals surface area (Å²) in [6.07, 6.45) is 0. The summed E-state index contributed by atoms with van der Waals surface area (Å²) in [6, 6.07) is -2.32. The Morgan fingerprint density at radius 2 is 1.83 bits per heavy atom. The summed E-state index contributed by atoms with van der Waals surface area (Å²) in [6.45, 7) is 0. The number of carbonyl (C=O) groups is 2. The zero-order valence-electron chi connectivity index (χ0n) is 5.28. The molecule has 4 amide bonds. The first-order valence-corrected chi connectivity index (χ1v) is 3.67. The van der Waals surface area contributed by atoms with Gasteiger partial charge in [0.1, 0.15) is 0 Å². The van der Waals surface area contributed by atoms with Crippen molar-refractivity contribution in [3.8, 4) is 0 Å². The summed E-state index contributed by atoms with van der Waals surface area (Å²) in [5, 5.41) is 0. The van der Waals surface area contributed by atoms with E-state index in [-0.39, 0.29) is 9.18 Å². The summed E-state index contributed by atoms with van der Waals surface area (Å²) < 4.78 is 0.116. The topological polar surface area (TPSA) is 60.7 Å². The second-order valence-corrected chi connectivity index (χ2v) is 2.89. The molecule has 0 N–H and O–H groups in total. The molecule has 6 nitrogen and oxygen atoms in total. The fraction of sp³-hybridized carbons (Fsp3) is 0.333. The van der Waals surface area contributed by atoms with E-state index in [9.17, 15) is 14.5 Å². The molecular formula is C3HCl3N3O3+. The first-order valence-electron chi connectivity index (χ1n) is 2.56. The average molecular weight is 233 g/mol. The van der Waals surface area contributed by atoms with Gasteiger partial charge >= 0.3 is 17.7 Å². The van der Waals surface area contributed by atoms with Crippen LogP contribution in [0.25, 0.3) is 0 Å². The van der Waals surface area contributed by atoms with Crippen LogP contribution in [0.15, 0.2) is 0 Å². The minimum atomic E-state index is -1.57. The minimum absolute atomic E-state index is 0.0406. The Kier molecular flexibility index (Phi) is 2.41. The molecule has 0 radical (unpaired) electrons. The van der Waals surface area contributed by atoms with E-state index in [1.807, 2.05) is 0 Å². The van der Waals surface area contributed by atoms with Gasteiger partial charge in [0.2, 0.25) is 0 Å². The Labute approximate surface area is 81.3 Å². The molecule has 1 rings (SSSR count). The average Bonchev–Trinajstić information content (AvgIpc) is 2.08. The smallest absolute Gasteiger partial charge is 0.217 e. The van der Waals surface area contributed by atoms with Gasteiger partial charge in [-0.05, 0) is 16.0 Å². The normalized spacial score (nSPS) is 25.2. The highest BCUT2D eigenvalue weighted by molar-refractivity contribution is 6.36. The second kappa shape index (κ2) is 3.04. The van der Waals surface area contributed by atoms with Crippen LogP contribution in [-0.2, 0) is 0 Å². The molecule has 1 aliphatic heterocycles. The van der Waals surface area contributed by atoms with Crippen molar-refractivity contribution in [1.29, 1.82) is 0 Å². The largest absolute Gasteiger partial charge is 0.562 e. The van der Waals surface area contributed by atoms with Gasteiger partial charge in [0.05, 0.1) is 4.76 Å². The van der Waals surface area contributed by atoms with Gasteiger partial charge in [0.15, 0.2) is 11.8 Å². The first kappa shape index (κ1) is 9.50. The van der Waals surface area contributed by atoms with E-state index in [2.05, 4.69) is 0 Å². The lowest BCUT2D eigenvalue weighted by Crippen LogP contribution is -2.53. The predicted molar refractivity (Wildman–Crippen MR) is 39.4 cm³/mol. The molecule has 0 bridgehead atoms. The maximum absolute atomic E-state index is 10.8. The quantitative estimate of drug-likeness (QED) is 0.275. The van der Waals surface area contributed by atoms with Crippen LogP contribution in [0.1, 0.15) is 0 Å². The number of hydrogen-bond donors (Lipinski definition) is 0. The number of hydrogen-bond acceptors (Lipinski definition) is 3. The molecule has 1 heterocycles. The molecule has 1 saturated heterocycles. The van der Waals surface area contributed by atoms with Gasteiger partial charge in [-0.3, -0.25) is 0 Å². The van der Waals surface area contributed by atoms with E-state index in [1.54, 1.807) is 0 Å². The first-order chi connectivity index (χ1) is 5.46. The van der Waals surface area contributed by atoms with E-state index in [0.29, 0.717) is 4.42 Å². The van der Waals surface area contributed by atoms with Crippen LogP contribution < -0.4 is 0 Å². The molecule has 1 atom stereocenters. The summed E-state index contributed by atoms with van der Waals surface area (Å²) in [4.78, 5) is 32.2. The van der Waals surface area contributed by atoms with Gasteiger partial charge in [-0.1, -0.05) is 4.91 Å². The molecule has 0 spiro atoms. The summed E-state index contributed by atoms with van der Waals surface area (Å²) in [5.74, 6) is 0. The number of alkyl halides is 1. The molecule has 66 valence electrons. The maximum Gasteiger partial charge on any atom is 0.562 e. The molecule has 0 aliphatic carbocycles. The molecule has 1 unspecified atom stereocenters. The van der Waals surface area contributed by atoms with Crippen LogP contribution in [0.2, 0.25) is 0 Å². The van der Waals surface area contributed by atoms with Crippen LogP contribution >= 0.6 is 35.2 Å². The van der Waals surface area contributed by atoms with Gasteiger partial charge in [-0.15, -0.1) is 0 Å². The van der Waals surface area contributed by atoms with Crippen molar-refractivity contribution >= 4 is 47.2 Å². The van der Waals surface area contributed by atoms with Crippen LogP contribution in [0.4, 0.5) is 9.59 Å². The monoisotopic (exact) mass is 232 g/mol. The van der Waals surface area contributed by atoms with E-state index in [4.69, 9.17) is 35.2 Å². The molecule has 1 aliphatic rings. The fourth-order valence-electron chi connectivity index (χ4n) is 0.527. The van der Waals surface area contributed by atoms with E-state index in [1.165, 1.54) is 0 Å². The summed E-state index contributed by atoms with van der Waals surface area (Å²) in [5.41, 5.74) is -1.57. The highest BCUT2D eigenvalue weighted by Crippen LogP contribution is 2.21. The Balaban J connectivity index is 2.99. The van der Waals surface area contributed by atoms with Crippen LogP contribution in [-0.4, -0.2) is 31.3 Å². The third-order valence-electron chi connectivity index (χ3n) is 1.09. The van der Waals surface area contributed by atoms with E-state index < -0.39 is 17.7 Å². The lowest BCUT2D eigenvalue weighted by molar-refractivity contribution is -0.495. The zero-order valence-corrected chi connectivity index (χ0v) is 7.55. The highest BCUT2D eigenvalue weighted by atomic mass is 35.5. The SMILES string of the molecule is O=C1N(Cl)C(=O)[N+](=O)C(Cl)N1Cl. The molecule has 12 heavy (non-hydrogen) atoms. The van der Waals surface area contributed by atoms with Crippen molar-refractivity contribution in [3.05, 3.63) is 4.91 Å². The van der Waals surface area contributed by atoms with Crippen molar-refractivity contribution in [2.75, 3.05) is 0 Å². The van der Waals surface area contributed by atoms with Gasteiger partial charge < -0.3 is 0 Å². The highest BCUT2D eigenvalue weighted by Gasteiger charge is 2.52. The van der Waals surface area contributed by atoms with Crippen molar-refractivity contribution < 1.29 is 14.3 Å².